The quantitative estimate of drug-likeness (QED) is 0.920. The van der Waals surface area contributed by atoms with Crippen molar-refractivity contribution in [1.29, 1.82) is 0 Å². The molecule has 5 heteroatoms. The van der Waals surface area contributed by atoms with Gasteiger partial charge in [-0.25, -0.2) is 4.79 Å². The van der Waals surface area contributed by atoms with Crippen LogP contribution in [0, 0.1) is 0 Å². The molecule has 0 aliphatic heterocycles. The number of rotatable bonds is 4. The molecule has 1 N–H and O–H groups in total. The summed E-state index contributed by atoms with van der Waals surface area (Å²) >= 11 is 4.77. The summed E-state index contributed by atoms with van der Waals surface area (Å²) in [5, 5.41) is 9.81. The summed E-state index contributed by atoms with van der Waals surface area (Å²) in [6.45, 7) is 5.68. The maximum atomic E-state index is 10.9. The smallest absolute Gasteiger partial charge is 0.338 e. The Bertz CT molecular complexity index is 334. The highest BCUT2D eigenvalue weighted by Crippen LogP contribution is 2.34. The second-order valence-corrected chi connectivity index (χ2v) is 5.16. The molecule has 1 rings (SSSR count). The van der Waals surface area contributed by atoms with E-state index >= 15 is 0 Å². The standard InChI is InChI=1S/C9H12BrNO2S/c1-3-11(4-2)8-6(9(12)13)5-7(10)14-8/h5H,3-4H2,1-2H3,(H,12,13). The van der Waals surface area contributed by atoms with Crippen LogP contribution in [0.3, 0.4) is 0 Å². The molecule has 3 nitrogen and oxygen atoms in total. The molecule has 0 saturated heterocycles. The Morgan fingerprint density at radius 1 is 1.57 bits per heavy atom. The number of anilines is 1. The van der Waals surface area contributed by atoms with Crippen LogP contribution in [0.1, 0.15) is 24.2 Å². The third-order valence-corrected chi connectivity index (χ3v) is 3.66. The predicted octanol–water partition coefficient (Wildman–Crippen LogP) is 3.06. The van der Waals surface area contributed by atoms with Gasteiger partial charge in [-0.1, -0.05) is 0 Å². The number of carboxylic acid groups (broad SMARTS) is 1. The molecule has 1 heterocycles. The van der Waals surface area contributed by atoms with E-state index in [-0.39, 0.29) is 0 Å². The van der Waals surface area contributed by atoms with Crippen molar-refractivity contribution in [1.82, 2.24) is 0 Å². The molecule has 0 fully saturated rings. The first kappa shape index (κ1) is 11.5. The van der Waals surface area contributed by atoms with E-state index in [1.807, 2.05) is 18.7 Å². The van der Waals surface area contributed by atoms with Crippen LogP contribution in [-0.4, -0.2) is 24.2 Å². The first-order valence-electron chi connectivity index (χ1n) is 4.37. The third-order valence-electron chi connectivity index (χ3n) is 1.96. The predicted molar refractivity (Wildman–Crippen MR) is 62.5 cm³/mol. The molecule has 0 radical (unpaired) electrons. The second kappa shape index (κ2) is 4.79. The lowest BCUT2D eigenvalue weighted by atomic mass is 10.3. The molecule has 0 saturated carbocycles. The molecular weight excluding hydrogens is 266 g/mol. The Balaban J connectivity index is 3.11. The van der Waals surface area contributed by atoms with E-state index in [9.17, 15) is 4.79 Å². The van der Waals surface area contributed by atoms with Crippen molar-refractivity contribution < 1.29 is 9.90 Å². The number of carboxylic acids is 1. The molecule has 1 aromatic rings. The Hall–Kier alpha value is -0.550. The summed E-state index contributed by atoms with van der Waals surface area (Å²) in [6, 6.07) is 1.65. The summed E-state index contributed by atoms with van der Waals surface area (Å²) in [5.41, 5.74) is 0.380. The Morgan fingerprint density at radius 3 is 2.57 bits per heavy atom. The van der Waals surface area contributed by atoms with Gasteiger partial charge in [0.15, 0.2) is 0 Å². The molecule has 0 bridgehead atoms. The zero-order valence-corrected chi connectivity index (χ0v) is 10.5. The van der Waals surface area contributed by atoms with Gasteiger partial charge in [-0.2, -0.15) is 0 Å². The van der Waals surface area contributed by atoms with Gasteiger partial charge in [0.1, 0.15) is 5.00 Å². The van der Waals surface area contributed by atoms with Crippen molar-refractivity contribution in [2.24, 2.45) is 0 Å². The van der Waals surface area contributed by atoms with Crippen molar-refractivity contribution in [3.63, 3.8) is 0 Å². The SMILES string of the molecule is CCN(CC)c1sc(Br)cc1C(=O)O. The van der Waals surface area contributed by atoms with Gasteiger partial charge in [-0.05, 0) is 35.8 Å². The fourth-order valence-electron chi connectivity index (χ4n) is 1.25. The third kappa shape index (κ3) is 2.27. The van der Waals surface area contributed by atoms with Crippen LogP contribution in [0.2, 0.25) is 0 Å². The molecular formula is C9H12BrNO2S. The molecule has 0 spiro atoms. The van der Waals surface area contributed by atoms with E-state index < -0.39 is 5.97 Å². The fraction of sp³-hybridized carbons (Fsp3) is 0.444. The minimum absolute atomic E-state index is 0.380. The van der Waals surface area contributed by atoms with Gasteiger partial charge < -0.3 is 10.0 Å². The zero-order valence-electron chi connectivity index (χ0n) is 8.08. The van der Waals surface area contributed by atoms with Gasteiger partial charge in [0.25, 0.3) is 0 Å². The topological polar surface area (TPSA) is 40.5 Å². The van der Waals surface area contributed by atoms with Crippen molar-refractivity contribution in [3.8, 4) is 0 Å². The van der Waals surface area contributed by atoms with Crippen LogP contribution < -0.4 is 4.90 Å². The largest absolute Gasteiger partial charge is 0.478 e. The van der Waals surface area contributed by atoms with Crippen LogP contribution in [-0.2, 0) is 0 Å². The van der Waals surface area contributed by atoms with E-state index in [1.165, 1.54) is 11.3 Å². The zero-order chi connectivity index (χ0) is 10.7. The highest BCUT2D eigenvalue weighted by molar-refractivity contribution is 9.11. The molecule has 0 aliphatic carbocycles. The van der Waals surface area contributed by atoms with Gasteiger partial charge in [-0.3, -0.25) is 0 Å². The molecule has 14 heavy (non-hydrogen) atoms. The van der Waals surface area contributed by atoms with Crippen LogP contribution >= 0.6 is 27.3 Å². The van der Waals surface area contributed by atoms with Crippen LogP contribution in [0.5, 0.6) is 0 Å². The lowest BCUT2D eigenvalue weighted by molar-refractivity contribution is 0.0698. The average molecular weight is 278 g/mol. The number of hydrogen-bond acceptors (Lipinski definition) is 3. The summed E-state index contributed by atoms with van der Waals surface area (Å²) in [5.74, 6) is -0.867. The molecule has 0 unspecified atom stereocenters. The molecule has 0 atom stereocenters. The Labute approximate surface area is 95.5 Å². The average Bonchev–Trinajstić information content (AvgIpc) is 2.50. The van der Waals surface area contributed by atoms with Gasteiger partial charge in [0.2, 0.25) is 0 Å². The molecule has 0 aliphatic rings. The molecule has 0 aromatic carbocycles. The minimum Gasteiger partial charge on any atom is -0.478 e. The van der Waals surface area contributed by atoms with E-state index in [4.69, 9.17) is 5.11 Å². The second-order valence-electron chi connectivity index (χ2n) is 2.75. The summed E-state index contributed by atoms with van der Waals surface area (Å²) in [7, 11) is 0. The summed E-state index contributed by atoms with van der Waals surface area (Å²) < 4.78 is 0.858. The number of halogens is 1. The van der Waals surface area contributed by atoms with Gasteiger partial charge >= 0.3 is 5.97 Å². The van der Waals surface area contributed by atoms with Crippen molar-refractivity contribution in [2.75, 3.05) is 18.0 Å². The minimum atomic E-state index is -0.867. The number of aromatic carboxylic acids is 1. The number of nitrogens with zero attached hydrogens (tertiary/aromatic N) is 1. The van der Waals surface area contributed by atoms with Crippen molar-refractivity contribution in [2.45, 2.75) is 13.8 Å². The molecule has 1 aromatic heterocycles. The van der Waals surface area contributed by atoms with Crippen LogP contribution in [0.4, 0.5) is 5.00 Å². The van der Waals surface area contributed by atoms with Crippen molar-refractivity contribution >= 4 is 38.2 Å². The van der Waals surface area contributed by atoms with E-state index in [2.05, 4.69) is 15.9 Å². The summed E-state index contributed by atoms with van der Waals surface area (Å²) in [6.07, 6.45) is 0. The van der Waals surface area contributed by atoms with Gasteiger partial charge in [-0.15, -0.1) is 11.3 Å². The highest BCUT2D eigenvalue weighted by Gasteiger charge is 2.17. The first-order chi connectivity index (χ1) is 6.60. The van der Waals surface area contributed by atoms with E-state index in [0.717, 1.165) is 21.9 Å². The number of thiophene rings is 1. The summed E-state index contributed by atoms with van der Waals surface area (Å²) in [4.78, 5) is 13.0. The molecule has 0 amide bonds. The van der Waals surface area contributed by atoms with Crippen LogP contribution in [0.15, 0.2) is 9.85 Å². The maximum absolute atomic E-state index is 10.9. The first-order valence-corrected chi connectivity index (χ1v) is 5.98. The Morgan fingerprint density at radius 2 is 2.14 bits per heavy atom. The normalized spacial score (nSPS) is 10.2. The van der Waals surface area contributed by atoms with Crippen LogP contribution in [0.25, 0.3) is 0 Å². The van der Waals surface area contributed by atoms with Crippen molar-refractivity contribution in [3.05, 3.63) is 15.4 Å². The van der Waals surface area contributed by atoms with E-state index in [0.29, 0.717) is 5.56 Å². The monoisotopic (exact) mass is 277 g/mol. The highest BCUT2D eigenvalue weighted by atomic mass is 79.9. The number of hydrogen-bond donors (Lipinski definition) is 1. The number of carbonyl (C=O) groups is 1. The lowest BCUT2D eigenvalue weighted by Gasteiger charge is -2.19. The molecule has 78 valence electrons. The maximum Gasteiger partial charge on any atom is 0.338 e. The van der Waals surface area contributed by atoms with Gasteiger partial charge in [0.05, 0.1) is 9.35 Å². The van der Waals surface area contributed by atoms with Gasteiger partial charge in [0, 0.05) is 13.1 Å². The lowest BCUT2D eigenvalue weighted by Crippen LogP contribution is -2.22. The van der Waals surface area contributed by atoms with E-state index in [1.54, 1.807) is 6.07 Å². The fourth-order valence-corrected chi connectivity index (χ4v) is 2.94. The Kier molecular flexibility index (Phi) is 3.95.